The molecule has 7 heteroatoms. The number of carbonyl (C=O) groups is 1. The molecular formula is C22H27ClF2N2O2. The van der Waals surface area contributed by atoms with Crippen LogP contribution in [0.4, 0.5) is 8.78 Å². The van der Waals surface area contributed by atoms with Gasteiger partial charge in [-0.15, -0.1) is 0 Å². The first-order valence-corrected chi connectivity index (χ1v) is 10.8. The third kappa shape index (κ3) is 4.49. The molecule has 1 aromatic heterocycles. The molecule has 2 aromatic rings. The number of ketones is 1. The van der Waals surface area contributed by atoms with E-state index in [0.717, 1.165) is 31.6 Å². The molecule has 0 radical (unpaired) electrons. The Kier molecular flexibility index (Phi) is 5.70. The van der Waals surface area contributed by atoms with E-state index in [2.05, 4.69) is 9.88 Å². The quantitative estimate of drug-likeness (QED) is 0.654. The van der Waals surface area contributed by atoms with Crippen LogP contribution in [-0.4, -0.2) is 40.1 Å². The first-order valence-electron chi connectivity index (χ1n) is 10.4. The lowest BCUT2D eigenvalue weighted by molar-refractivity contribution is -0.126. The molecule has 2 unspecified atom stereocenters. The van der Waals surface area contributed by atoms with E-state index in [1.54, 1.807) is 6.07 Å². The molecule has 2 atom stereocenters. The van der Waals surface area contributed by atoms with Crippen LogP contribution in [0.3, 0.4) is 0 Å². The normalized spacial score (nSPS) is 26.8. The molecule has 1 aliphatic heterocycles. The smallest absolute Gasteiger partial charge is 0.250 e. The summed E-state index contributed by atoms with van der Waals surface area (Å²) in [5.41, 5.74) is -0.0480. The Morgan fingerprint density at radius 3 is 2.90 bits per heavy atom. The predicted molar refractivity (Wildman–Crippen MR) is 110 cm³/mol. The fourth-order valence-electron chi connectivity index (χ4n) is 4.85. The van der Waals surface area contributed by atoms with Crippen LogP contribution in [0.2, 0.25) is 5.02 Å². The van der Waals surface area contributed by atoms with Crippen molar-refractivity contribution in [1.82, 2.24) is 9.88 Å². The summed E-state index contributed by atoms with van der Waals surface area (Å²) < 4.78 is 29.5. The second-order valence-corrected chi connectivity index (χ2v) is 9.13. The fourth-order valence-corrected chi connectivity index (χ4v) is 5.12. The number of rotatable bonds is 6. The second-order valence-electron chi connectivity index (χ2n) is 8.72. The van der Waals surface area contributed by atoms with Crippen molar-refractivity contribution in [3.63, 3.8) is 0 Å². The molecule has 4 rings (SSSR count). The van der Waals surface area contributed by atoms with E-state index in [1.165, 1.54) is 0 Å². The van der Waals surface area contributed by atoms with Gasteiger partial charge >= 0.3 is 0 Å². The Labute approximate surface area is 174 Å². The van der Waals surface area contributed by atoms with Crippen LogP contribution in [0.15, 0.2) is 24.4 Å². The van der Waals surface area contributed by atoms with Crippen LogP contribution < -0.4 is 5.32 Å². The maximum Gasteiger partial charge on any atom is 0.250 e. The van der Waals surface area contributed by atoms with Gasteiger partial charge in [0.05, 0.1) is 16.1 Å². The minimum absolute atomic E-state index is 0.0297. The number of hydrogen-bond acceptors (Lipinski definition) is 3. The van der Waals surface area contributed by atoms with E-state index in [1.807, 2.05) is 18.3 Å². The van der Waals surface area contributed by atoms with Gasteiger partial charge in [-0.25, -0.2) is 8.78 Å². The highest BCUT2D eigenvalue weighted by atomic mass is 35.5. The molecule has 0 spiro atoms. The number of alkyl halides is 2. The summed E-state index contributed by atoms with van der Waals surface area (Å²) in [6.07, 6.45) is 2.84. The molecule has 1 saturated carbocycles. The number of Topliss-reactive ketones (excluding diaryl/α,β-unsaturated/α-hetero) is 1. The highest BCUT2D eigenvalue weighted by Gasteiger charge is 2.44. The molecule has 2 aliphatic rings. The van der Waals surface area contributed by atoms with Crippen molar-refractivity contribution >= 4 is 28.3 Å². The van der Waals surface area contributed by atoms with Crippen molar-refractivity contribution in [1.29, 1.82) is 0 Å². The summed E-state index contributed by atoms with van der Waals surface area (Å²) in [6, 6.07) is 5.59. The Balaban J connectivity index is 1.55. The molecule has 2 heterocycles. The first-order chi connectivity index (χ1) is 13.8. The fraction of sp³-hybridized carbons (Fsp3) is 0.591. The highest BCUT2D eigenvalue weighted by Crippen LogP contribution is 2.41. The summed E-state index contributed by atoms with van der Waals surface area (Å²) in [7, 11) is 0. The van der Waals surface area contributed by atoms with Crippen molar-refractivity contribution in [2.24, 2.45) is 5.92 Å². The van der Waals surface area contributed by atoms with Gasteiger partial charge in [-0.2, -0.15) is 0 Å². The molecular weight excluding hydrogens is 398 g/mol. The van der Waals surface area contributed by atoms with Crippen molar-refractivity contribution in [3.05, 3.63) is 35.0 Å². The maximum atomic E-state index is 13.7. The Morgan fingerprint density at radius 2 is 2.17 bits per heavy atom. The van der Waals surface area contributed by atoms with E-state index in [4.69, 9.17) is 11.6 Å². The van der Waals surface area contributed by atoms with Gasteiger partial charge < -0.3 is 15.0 Å². The lowest BCUT2D eigenvalue weighted by Crippen LogP contribution is -2.41. The van der Waals surface area contributed by atoms with Gasteiger partial charge in [-0.1, -0.05) is 17.7 Å². The van der Waals surface area contributed by atoms with Crippen molar-refractivity contribution < 1.29 is 18.7 Å². The SMILES string of the molecule is O=C(CCC1(O)CCCC(F)(F)C1)c1cn(CC2CCNC2)c2cccc(Cl)c12. The lowest BCUT2D eigenvalue weighted by atomic mass is 9.79. The van der Waals surface area contributed by atoms with Crippen molar-refractivity contribution in [2.45, 2.75) is 63.0 Å². The largest absolute Gasteiger partial charge is 0.390 e. The molecule has 2 fully saturated rings. The molecule has 29 heavy (non-hydrogen) atoms. The van der Waals surface area contributed by atoms with Crippen LogP contribution >= 0.6 is 11.6 Å². The summed E-state index contributed by atoms with van der Waals surface area (Å²) in [5, 5.41) is 15.2. The number of nitrogens with zero attached hydrogens (tertiary/aromatic N) is 1. The summed E-state index contributed by atoms with van der Waals surface area (Å²) in [5.74, 6) is -2.52. The number of aliphatic hydroxyl groups is 1. The summed E-state index contributed by atoms with van der Waals surface area (Å²) in [6.45, 7) is 2.75. The predicted octanol–water partition coefficient (Wildman–Crippen LogP) is 4.81. The average Bonchev–Trinajstić information content (AvgIpc) is 3.28. The molecule has 0 amide bonds. The topological polar surface area (TPSA) is 54.3 Å². The first kappa shape index (κ1) is 20.8. The molecule has 2 N–H and O–H groups in total. The zero-order valence-corrected chi connectivity index (χ0v) is 17.2. The van der Waals surface area contributed by atoms with E-state index in [0.29, 0.717) is 28.3 Å². The van der Waals surface area contributed by atoms with E-state index in [9.17, 15) is 18.7 Å². The monoisotopic (exact) mass is 424 g/mol. The second kappa shape index (κ2) is 7.97. The molecule has 0 bridgehead atoms. The van der Waals surface area contributed by atoms with Gasteiger partial charge in [0.25, 0.3) is 5.92 Å². The van der Waals surface area contributed by atoms with Gasteiger partial charge in [0.2, 0.25) is 0 Å². The van der Waals surface area contributed by atoms with Crippen molar-refractivity contribution in [2.75, 3.05) is 13.1 Å². The van der Waals surface area contributed by atoms with Crippen LogP contribution in [0, 0.1) is 5.92 Å². The minimum atomic E-state index is -2.86. The molecule has 4 nitrogen and oxygen atoms in total. The van der Waals surface area contributed by atoms with Crippen LogP contribution in [0.25, 0.3) is 10.9 Å². The Bertz CT molecular complexity index is 908. The molecule has 1 aliphatic carbocycles. The zero-order valence-electron chi connectivity index (χ0n) is 16.4. The summed E-state index contributed by atoms with van der Waals surface area (Å²) >= 11 is 6.42. The van der Waals surface area contributed by atoms with E-state index >= 15 is 0 Å². The molecule has 158 valence electrons. The average molecular weight is 425 g/mol. The number of fused-ring (bicyclic) bond motifs is 1. The van der Waals surface area contributed by atoms with Crippen molar-refractivity contribution in [3.8, 4) is 0 Å². The Morgan fingerprint density at radius 1 is 1.34 bits per heavy atom. The Hall–Kier alpha value is -1.50. The van der Waals surface area contributed by atoms with Crippen LogP contribution in [-0.2, 0) is 6.54 Å². The van der Waals surface area contributed by atoms with Gasteiger partial charge in [-0.05, 0) is 56.8 Å². The van der Waals surface area contributed by atoms with Crippen LogP contribution in [0.5, 0.6) is 0 Å². The number of aromatic nitrogens is 1. The third-order valence-electron chi connectivity index (χ3n) is 6.36. The third-order valence-corrected chi connectivity index (χ3v) is 6.68. The number of nitrogens with one attached hydrogen (secondary N) is 1. The highest BCUT2D eigenvalue weighted by molar-refractivity contribution is 6.37. The number of halogens is 3. The summed E-state index contributed by atoms with van der Waals surface area (Å²) in [4.78, 5) is 13.0. The van der Waals surface area contributed by atoms with E-state index in [-0.39, 0.29) is 31.5 Å². The van der Waals surface area contributed by atoms with Gasteiger partial charge in [-0.3, -0.25) is 4.79 Å². The van der Waals surface area contributed by atoms with Gasteiger partial charge in [0, 0.05) is 43.0 Å². The lowest BCUT2D eigenvalue weighted by Gasteiger charge is -2.36. The number of hydrogen-bond donors (Lipinski definition) is 2. The van der Waals surface area contributed by atoms with E-state index < -0.39 is 17.9 Å². The van der Waals surface area contributed by atoms with Gasteiger partial charge in [0.15, 0.2) is 5.78 Å². The molecule has 1 saturated heterocycles. The maximum absolute atomic E-state index is 13.7. The molecule has 1 aromatic carbocycles. The number of benzene rings is 1. The minimum Gasteiger partial charge on any atom is -0.390 e. The standard InChI is InChI=1S/C22H27ClF2N2O2/c23-17-3-1-4-18-20(17)16(13-27(18)12-15-6-10-26-11-15)19(28)5-9-21(29)7-2-8-22(24,25)14-21/h1,3-4,13,15,26,29H,2,5-12,14H2. The van der Waals surface area contributed by atoms with Crippen LogP contribution in [0.1, 0.15) is 55.3 Å². The zero-order chi connectivity index (χ0) is 20.6. The van der Waals surface area contributed by atoms with Gasteiger partial charge in [0.1, 0.15) is 0 Å². The number of carbonyl (C=O) groups excluding carboxylic acids is 1.